The summed E-state index contributed by atoms with van der Waals surface area (Å²) in [6.45, 7) is 15.2. The largest absolute Gasteiger partial charge is 0.465 e. The van der Waals surface area contributed by atoms with Gasteiger partial charge < -0.3 is 24.0 Å². The highest BCUT2D eigenvalue weighted by Gasteiger charge is 2.17. The number of esters is 3. The van der Waals surface area contributed by atoms with Gasteiger partial charge in [0, 0.05) is 45.4 Å². The summed E-state index contributed by atoms with van der Waals surface area (Å²) < 4.78 is 17.0. The lowest BCUT2D eigenvalue weighted by Gasteiger charge is -2.32. The van der Waals surface area contributed by atoms with Crippen LogP contribution in [0, 0.1) is 11.8 Å². The molecule has 1 aliphatic heterocycles. The van der Waals surface area contributed by atoms with Gasteiger partial charge in [0.05, 0.1) is 13.2 Å². The lowest BCUT2D eigenvalue weighted by atomic mass is 10.0. The van der Waals surface area contributed by atoms with E-state index in [4.69, 9.17) is 14.2 Å². The van der Waals surface area contributed by atoms with Crippen molar-refractivity contribution in [3.63, 3.8) is 0 Å². The van der Waals surface area contributed by atoms with Gasteiger partial charge in [0.2, 0.25) is 0 Å². The first-order chi connectivity index (χ1) is 29.3. The quantitative estimate of drug-likeness (QED) is 0.0260. The summed E-state index contributed by atoms with van der Waals surface area (Å²) in [6, 6.07) is 0. The van der Waals surface area contributed by atoms with Gasteiger partial charge in [0.15, 0.2) is 0 Å². The normalized spacial score (nSPS) is 14.5. The molecule has 1 saturated heterocycles. The zero-order valence-electron chi connectivity index (χ0n) is 40.0. The second-order valence-corrected chi connectivity index (χ2v) is 17.9. The molecule has 0 N–H and O–H groups in total. The molecule has 0 aliphatic carbocycles. The van der Waals surface area contributed by atoms with Crippen molar-refractivity contribution < 1.29 is 28.6 Å². The lowest BCUT2D eigenvalue weighted by molar-refractivity contribution is -0.150. The van der Waals surface area contributed by atoms with Crippen LogP contribution in [0.5, 0.6) is 0 Å². The summed E-state index contributed by atoms with van der Waals surface area (Å²) in [4.78, 5) is 41.6. The van der Waals surface area contributed by atoms with Crippen molar-refractivity contribution >= 4 is 17.9 Å². The smallest absolute Gasteiger partial charge is 0.306 e. The maximum atomic E-state index is 12.9. The molecule has 0 amide bonds. The van der Waals surface area contributed by atoms with E-state index in [9.17, 15) is 14.4 Å². The summed E-state index contributed by atoms with van der Waals surface area (Å²) in [5, 5.41) is 0. The second-order valence-electron chi connectivity index (χ2n) is 17.9. The van der Waals surface area contributed by atoms with Gasteiger partial charge in [-0.25, -0.2) is 0 Å². The van der Waals surface area contributed by atoms with Crippen LogP contribution in [0.3, 0.4) is 0 Å². The minimum absolute atomic E-state index is 0.000245. The van der Waals surface area contributed by atoms with E-state index in [0.717, 1.165) is 142 Å². The van der Waals surface area contributed by atoms with E-state index in [1.54, 1.807) is 0 Å². The van der Waals surface area contributed by atoms with Gasteiger partial charge in [-0.3, -0.25) is 14.4 Å². The number of carbonyl (C=O) groups is 3. The molecule has 0 aromatic heterocycles. The number of allylic oxidation sites excluding steroid dienone is 4. The van der Waals surface area contributed by atoms with Crippen LogP contribution in [-0.2, 0) is 28.6 Å². The molecule has 0 bridgehead atoms. The number of carbonyl (C=O) groups excluding carboxylic acids is 3. The van der Waals surface area contributed by atoms with Crippen molar-refractivity contribution in [2.45, 2.75) is 226 Å². The van der Waals surface area contributed by atoms with Crippen LogP contribution in [0.4, 0.5) is 0 Å². The summed E-state index contributed by atoms with van der Waals surface area (Å²) in [5.41, 5.74) is 0. The van der Waals surface area contributed by atoms with Crippen LogP contribution in [0.15, 0.2) is 24.3 Å². The minimum Gasteiger partial charge on any atom is -0.465 e. The average Bonchev–Trinajstić information content (AvgIpc) is 3.25. The van der Waals surface area contributed by atoms with Crippen LogP contribution in [-0.4, -0.2) is 86.8 Å². The topological polar surface area (TPSA) is 85.4 Å². The van der Waals surface area contributed by atoms with Gasteiger partial charge in [-0.05, 0) is 122 Å². The lowest BCUT2D eigenvalue weighted by Crippen LogP contribution is -2.44. The first kappa shape index (κ1) is 55.8. The van der Waals surface area contributed by atoms with Gasteiger partial charge in [-0.15, -0.1) is 0 Å². The van der Waals surface area contributed by atoms with E-state index in [2.05, 4.69) is 68.8 Å². The van der Waals surface area contributed by atoms with Crippen LogP contribution < -0.4 is 0 Å². The van der Waals surface area contributed by atoms with E-state index in [0.29, 0.717) is 44.3 Å². The number of nitrogens with zero attached hydrogens (tertiary/aromatic N) is 2. The molecule has 0 atom stereocenters. The van der Waals surface area contributed by atoms with Crippen LogP contribution in [0.1, 0.15) is 220 Å². The monoisotopic (exact) mass is 845 g/mol. The number of likely N-dealkylation sites (N-methyl/N-ethyl adjacent to an activating group) is 1. The van der Waals surface area contributed by atoms with E-state index in [1.165, 1.54) is 64.2 Å². The molecule has 8 nitrogen and oxygen atoms in total. The number of ether oxygens (including phenoxy) is 3. The molecule has 0 radical (unpaired) electrons. The fraction of sp³-hybridized carbons (Fsp3) is 0.865. The molecule has 0 aromatic carbocycles. The van der Waals surface area contributed by atoms with Crippen molar-refractivity contribution in [2.75, 3.05) is 53.0 Å². The first-order valence-corrected chi connectivity index (χ1v) is 25.5. The van der Waals surface area contributed by atoms with Crippen molar-refractivity contribution in [2.24, 2.45) is 11.8 Å². The third-order valence-electron chi connectivity index (χ3n) is 12.6. The molecule has 60 heavy (non-hydrogen) atoms. The first-order valence-electron chi connectivity index (χ1n) is 25.5. The Morgan fingerprint density at radius 1 is 0.467 bits per heavy atom. The maximum Gasteiger partial charge on any atom is 0.306 e. The maximum absolute atomic E-state index is 12.9. The highest BCUT2D eigenvalue weighted by atomic mass is 16.5. The van der Waals surface area contributed by atoms with E-state index in [-0.39, 0.29) is 24.0 Å². The molecule has 0 spiro atoms. The van der Waals surface area contributed by atoms with Gasteiger partial charge >= 0.3 is 17.9 Å². The third kappa shape index (κ3) is 34.4. The van der Waals surface area contributed by atoms with Crippen molar-refractivity contribution in [3.8, 4) is 0 Å². The zero-order valence-corrected chi connectivity index (χ0v) is 40.0. The molecule has 1 heterocycles. The number of piperazine rings is 1. The molecule has 350 valence electrons. The van der Waals surface area contributed by atoms with E-state index >= 15 is 0 Å². The fourth-order valence-corrected chi connectivity index (χ4v) is 7.86. The molecule has 1 aliphatic rings. The van der Waals surface area contributed by atoms with Gasteiger partial charge in [-0.1, -0.05) is 129 Å². The van der Waals surface area contributed by atoms with Gasteiger partial charge in [0.25, 0.3) is 0 Å². The molecule has 8 heteroatoms. The average molecular weight is 845 g/mol. The zero-order chi connectivity index (χ0) is 43.7. The van der Waals surface area contributed by atoms with Crippen LogP contribution in [0.2, 0.25) is 0 Å². The fourth-order valence-electron chi connectivity index (χ4n) is 7.86. The molecular weight excluding hydrogens is 749 g/mol. The molecule has 1 fully saturated rings. The Kier molecular flexibility index (Phi) is 38.0. The summed E-state index contributed by atoms with van der Waals surface area (Å²) in [5.74, 6) is 0.914. The Hall–Kier alpha value is -2.19. The molecule has 0 unspecified atom stereocenters. The molecule has 0 aromatic rings. The molecular formula is C52H96N2O6. The van der Waals surface area contributed by atoms with Gasteiger partial charge in [-0.2, -0.15) is 0 Å². The Morgan fingerprint density at radius 2 is 0.833 bits per heavy atom. The summed E-state index contributed by atoms with van der Waals surface area (Å²) in [6.07, 6.45) is 41.1. The van der Waals surface area contributed by atoms with E-state index < -0.39 is 0 Å². The number of unbranched alkanes of at least 4 members (excludes halogenated alkanes) is 16. The predicted octanol–water partition coefficient (Wildman–Crippen LogP) is 13.4. The standard InChI is InChI=1S/C52H96N2O6/c1-6-47(7-2)45-58-50(55)37-32-28-24-20-16-12-10-14-18-22-26-30-35-49(60-52(57)39-34-40-54-43-41-53(5)42-44-54)36-31-27-23-19-15-11-13-17-21-25-29-33-38-51(56)59-46-48(8-3)9-4/h16-17,20-21,47-49H,6-15,18-19,22-46H2,1-5H3. The third-order valence-corrected chi connectivity index (χ3v) is 12.6. The Balaban J connectivity index is 2.18. The predicted molar refractivity (Wildman–Crippen MR) is 252 cm³/mol. The Bertz CT molecular complexity index is 1000. The Morgan fingerprint density at radius 3 is 1.25 bits per heavy atom. The minimum atomic E-state index is -0.0410. The highest BCUT2D eigenvalue weighted by Crippen LogP contribution is 2.19. The summed E-state index contributed by atoms with van der Waals surface area (Å²) >= 11 is 0. The van der Waals surface area contributed by atoms with Crippen molar-refractivity contribution in [1.29, 1.82) is 0 Å². The molecule has 0 saturated carbocycles. The van der Waals surface area contributed by atoms with Crippen molar-refractivity contribution in [1.82, 2.24) is 9.80 Å². The summed E-state index contributed by atoms with van der Waals surface area (Å²) in [7, 11) is 2.18. The number of hydrogen-bond acceptors (Lipinski definition) is 8. The Labute approximate surface area is 370 Å². The van der Waals surface area contributed by atoms with Crippen LogP contribution in [0.25, 0.3) is 0 Å². The highest BCUT2D eigenvalue weighted by molar-refractivity contribution is 5.70. The van der Waals surface area contributed by atoms with Gasteiger partial charge in [0.1, 0.15) is 6.10 Å². The van der Waals surface area contributed by atoms with Crippen molar-refractivity contribution in [3.05, 3.63) is 24.3 Å². The number of hydrogen-bond donors (Lipinski definition) is 0. The van der Waals surface area contributed by atoms with Crippen LogP contribution >= 0.6 is 0 Å². The number of rotatable bonds is 41. The van der Waals surface area contributed by atoms with E-state index in [1.807, 2.05) is 0 Å². The second kappa shape index (κ2) is 40.9. The SMILES string of the molecule is CCC(CC)COC(=O)CCCCC=CCCCCCCCCC(CCCCCCCCC=CCCCCC(=O)OCC(CC)CC)OC(=O)CCCN1CCN(C)CC1. The molecule has 1 rings (SSSR count).